The lowest BCUT2D eigenvalue weighted by molar-refractivity contribution is 0.485. The van der Waals surface area contributed by atoms with Crippen LogP contribution in [-0.4, -0.2) is 12.6 Å². The van der Waals surface area contributed by atoms with E-state index in [9.17, 15) is 0 Å². The van der Waals surface area contributed by atoms with Crippen molar-refractivity contribution in [1.82, 2.24) is 5.32 Å². The first-order valence-corrected chi connectivity index (χ1v) is 5.89. The van der Waals surface area contributed by atoms with E-state index in [1.165, 1.54) is 15.3 Å². The molecule has 1 aromatic rings. The normalized spacial score (nSPS) is 15.5. The molecule has 14 heavy (non-hydrogen) atoms. The van der Waals surface area contributed by atoms with Gasteiger partial charge in [0, 0.05) is 28.4 Å². The number of thiophene rings is 1. The maximum Gasteiger partial charge on any atom is 0.0305 e. The summed E-state index contributed by atoms with van der Waals surface area (Å²) >= 11 is 1.86. The van der Waals surface area contributed by atoms with Gasteiger partial charge in [-0.05, 0) is 39.3 Å². The zero-order valence-electron chi connectivity index (χ0n) is 9.42. The highest BCUT2D eigenvalue weighted by molar-refractivity contribution is 7.12. The number of nitrogens with one attached hydrogen (secondary N) is 1. The van der Waals surface area contributed by atoms with Crippen molar-refractivity contribution in [3.05, 3.63) is 21.4 Å². The van der Waals surface area contributed by atoms with Crippen LogP contribution in [0.4, 0.5) is 0 Å². The topological polar surface area (TPSA) is 38.0 Å². The molecule has 1 rings (SSSR count). The molecule has 80 valence electrons. The Kier molecular flexibility index (Phi) is 4.11. The van der Waals surface area contributed by atoms with Crippen LogP contribution in [0.1, 0.15) is 35.2 Å². The van der Waals surface area contributed by atoms with Gasteiger partial charge < -0.3 is 11.1 Å². The Labute approximate surface area is 90.5 Å². The van der Waals surface area contributed by atoms with Crippen molar-refractivity contribution >= 4 is 11.3 Å². The van der Waals surface area contributed by atoms with Crippen LogP contribution in [-0.2, 0) is 0 Å². The average molecular weight is 212 g/mol. The molecule has 2 atom stereocenters. The van der Waals surface area contributed by atoms with Gasteiger partial charge in [-0.1, -0.05) is 0 Å². The second-order valence-electron chi connectivity index (χ2n) is 3.89. The van der Waals surface area contributed by atoms with Gasteiger partial charge in [0.15, 0.2) is 0 Å². The molecule has 2 unspecified atom stereocenters. The molecule has 2 nitrogen and oxygen atoms in total. The lowest BCUT2D eigenvalue weighted by Crippen LogP contribution is -2.35. The largest absolute Gasteiger partial charge is 0.329 e. The van der Waals surface area contributed by atoms with Gasteiger partial charge in [0.1, 0.15) is 0 Å². The van der Waals surface area contributed by atoms with Crippen LogP contribution in [0, 0.1) is 13.8 Å². The van der Waals surface area contributed by atoms with Crippen molar-refractivity contribution in [3.8, 4) is 0 Å². The van der Waals surface area contributed by atoms with Crippen LogP contribution >= 0.6 is 11.3 Å². The van der Waals surface area contributed by atoms with Crippen LogP contribution in [0.25, 0.3) is 0 Å². The standard InChI is InChI=1S/C11H20N2S/c1-7(6-12)13-9(3)11-5-8(2)14-10(11)4/h5,7,9,13H,6,12H2,1-4H3. The van der Waals surface area contributed by atoms with Crippen molar-refractivity contribution in [2.75, 3.05) is 6.54 Å². The molecule has 0 saturated carbocycles. The van der Waals surface area contributed by atoms with Crippen LogP contribution in [0.2, 0.25) is 0 Å². The predicted octanol–water partition coefficient (Wildman–Crippen LogP) is 2.36. The molecule has 0 aliphatic carbocycles. The minimum atomic E-state index is 0.379. The van der Waals surface area contributed by atoms with E-state index < -0.39 is 0 Å². The van der Waals surface area contributed by atoms with Crippen molar-refractivity contribution in [2.24, 2.45) is 5.73 Å². The first kappa shape index (κ1) is 11.7. The van der Waals surface area contributed by atoms with E-state index in [-0.39, 0.29) is 0 Å². The first-order chi connectivity index (χ1) is 6.54. The SMILES string of the molecule is Cc1cc(C(C)NC(C)CN)c(C)s1. The van der Waals surface area contributed by atoms with Gasteiger partial charge in [0.25, 0.3) is 0 Å². The summed E-state index contributed by atoms with van der Waals surface area (Å²) in [7, 11) is 0. The molecular formula is C11H20N2S. The maximum absolute atomic E-state index is 5.58. The molecule has 0 bridgehead atoms. The van der Waals surface area contributed by atoms with E-state index in [1.807, 2.05) is 11.3 Å². The summed E-state index contributed by atoms with van der Waals surface area (Å²) in [5.41, 5.74) is 6.99. The predicted molar refractivity (Wildman–Crippen MR) is 63.9 cm³/mol. The molecule has 0 fully saturated rings. The molecule has 0 saturated heterocycles. The Bertz CT molecular complexity index is 293. The molecule has 3 heteroatoms. The van der Waals surface area contributed by atoms with Crippen molar-refractivity contribution in [3.63, 3.8) is 0 Å². The molecule has 1 aromatic heterocycles. The highest BCUT2D eigenvalue weighted by Gasteiger charge is 2.12. The molecular weight excluding hydrogens is 192 g/mol. The van der Waals surface area contributed by atoms with E-state index in [2.05, 4.69) is 39.1 Å². The Morgan fingerprint density at radius 2 is 2.07 bits per heavy atom. The Morgan fingerprint density at radius 1 is 1.43 bits per heavy atom. The molecule has 0 amide bonds. The fourth-order valence-corrected chi connectivity index (χ4v) is 2.69. The fraction of sp³-hybridized carbons (Fsp3) is 0.636. The lowest BCUT2D eigenvalue weighted by Gasteiger charge is -2.18. The highest BCUT2D eigenvalue weighted by atomic mass is 32.1. The molecule has 0 aliphatic rings. The van der Waals surface area contributed by atoms with Crippen molar-refractivity contribution in [1.29, 1.82) is 0 Å². The van der Waals surface area contributed by atoms with E-state index in [4.69, 9.17) is 5.73 Å². The average Bonchev–Trinajstić information content (AvgIpc) is 2.45. The summed E-state index contributed by atoms with van der Waals surface area (Å²) in [6.07, 6.45) is 0. The zero-order chi connectivity index (χ0) is 10.7. The van der Waals surface area contributed by atoms with E-state index >= 15 is 0 Å². The van der Waals surface area contributed by atoms with Gasteiger partial charge in [0.2, 0.25) is 0 Å². The lowest BCUT2D eigenvalue weighted by atomic mass is 10.1. The highest BCUT2D eigenvalue weighted by Crippen LogP contribution is 2.26. The minimum Gasteiger partial charge on any atom is -0.329 e. The summed E-state index contributed by atoms with van der Waals surface area (Å²) in [5.74, 6) is 0. The van der Waals surface area contributed by atoms with Crippen LogP contribution < -0.4 is 11.1 Å². The molecule has 3 N–H and O–H groups in total. The molecule has 0 spiro atoms. The number of hydrogen-bond donors (Lipinski definition) is 2. The number of nitrogens with two attached hydrogens (primary N) is 1. The van der Waals surface area contributed by atoms with Gasteiger partial charge in [0.05, 0.1) is 0 Å². The third kappa shape index (κ3) is 2.80. The second kappa shape index (κ2) is 4.91. The summed E-state index contributed by atoms with van der Waals surface area (Å²) in [4.78, 5) is 2.79. The fourth-order valence-electron chi connectivity index (χ4n) is 1.66. The number of rotatable bonds is 4. The van der Waals surface area contributed by atoms with Gasteiger partial charge in [-0.2, -0.15) is 0 Å². The Balaban J connectivity index is 2.69. The van der Waals surface area contributed by atoms with Crippen LogP contribution in [0.5, 0.6) is 0 Å². The van der Waals surface area contributed by atoms with Crippen molar-refractivity contribution in [2.45, 2.75) is 39.8 Å². The smallest absolute Gasteiger partial charge is 0.0305 e. The number of hydrogen-bond acceptors (Lipinski definition) is 3. The molecule has 0 aromatic carbocycles. The monoisotopic (exact) mass is 212 g/mol. The quantitative estimate of drug-likeness (QED) is 0.804. The number of aryl methyl sites for hydroxylation is 2. The summed E-state index contributed by atoms with van der Waals surface area (Å²) in [5, 5.41) is 3.48. The molecule has 0 aliphatic heterocycles. The zero-order valence-corrected chi connectivity index (χ0v) is 10.2. The Hall–Kier alpha value is -0.380. The summed E-state index contributed by atoms with van der Waals surface area (Å²) in [6, 6.07) is 3.05. The summed E-state index contributed by atoms with van der Waals surface area (Å²) < 4.78 is 0. The van der Waals surface area contributed by atoms with E-state index in [1.54, 1.807) is 0 Å². The van der Waals surface area contributed by atoms with Crippen molar-refractivity contribution < 1.29 is 0 Å². The summed E-state index contributed by atoms with van der Waals surface area (Å²) in [6.45, 7) is 9.33. The first-order valence-electron chi connectivity index (χ1n) is 5.07. The second-order valence-corrected chi connectivity index (χ2v) is 5.35. The van der Waals surface area contributed by atoms with Gasteiger partial charge >= 0.3 is 0 Å². The molecule has 0 radical (unpaired) electrons. The molecule has 1 heterocycles. The maximum atomic E-state index is 5.58. The van der Waals surface area contributed by atoms with Gasteiger partial charge in [-0.15, -0.1) is 11.3 Å². The van der Waals surface area contributed by atoms with Crippen LogP contribution in [0.3, 0.4) is 0 Å². The minimum absolute atomic E-state index is 0.379. The Morgan fingerprint density at radius 3 is 2.50 bits per heavy atom. The van der Waals surface area contributed by atoms with E-state index in [0.29, 0.717) is 18.6 Å². The van der Waals surface area contributed by atoms with Gasteiger partial charge in [-0.25, -0.2) is 0 Å². The van der Waals surface area contributed by atoms with E-state index in [0.717, 1.165) is 0 Å². The third-order valence-electron chi connectivity index (χ3n) is 2.43. The van der Waals surface area contributed by atoms with Gasteiger partial charge in [-0.3, -0.25) is 0 Å². The van der Waals surface area contributed by atoms with Crippen LogP contribution in [0.15, 0.2) is 6.07 Å². The third-order valence-corrected chi connectivity index (χ3v) is 3.42.